The molecule has 3 nitrogen and oxygen atoms in total. The molecule has 0 aliphatic rings. The Balaban J connectivity index is 3.15. The van der Waals surface area contributed by atoms with Gasteiger partial charge in [-0.15, -0.1) is 0 Å². The van der Waals surface area contributed by atoms with Gasteiger partial charge in [-0.2, -0.15) is 5.10 Å². The van der Waals surface area contributed by atoms with Crippen molar-refractivity contribution in [1.82, 2.24) is 9.78 Å². The Hall–Kier alpha value is -0.700. The van der Waals surface area contributed by atoms with Crippen LogP contribution in [0.25, 0.3) is 0 Å². The molecule has 0 unspecified atom stereocenters. The van der Waals surface area contributed by atoms with Gasteiger partial charge >= 0.3 is 0 Å². The van der Waals surface area contributed by atoms with E-state index in [0.717, 1.165) is 0 Å². The van der Waals surface area contributed by atoms with Gasteiger partial charge in [-0.3, -0.25) is 0 Å². The molecule has 0 aliphatic carbocycles. The third-order valence-corrected chi connectivity index (χ3v) is 1.75. The van der Waals surface area contributed by atoms with Crippen LogP contribution in [-0.4, -0.2) is 9.78 Å². The molecule has 1 rings (SSSR count). The van der Waals surface area contributed by atoms with Crippen LogP contribution in [0.5, 0.6) is 0 Å². The van der Waals surface area contributed by atoms with Crippen molar-refractivity contribution in [2.24, 2.45) is 0 Å². The SMILES string of the molecule is CC(C)(C)n1ncc(N)c1Cl. The number of nitrogens with two attached hydrogens (primary N) is 1. The standard InChI is InChI=1S/C7H12ClN3/c1-7(2,3)11-6(8)5(9)4-10-11/h4H,9H2,1-3H3. The third-order valence-electron chi connectivity index (χ3n) is 1.37. The molecular weight excluding hydrogens is 162 g/mol. The first-order valence-electron chi connectivity index (χ1n) is 3.42. The van der Waals surface area contributed by atoms with Crippen molar-refractivity contribution in [2.75, 3.05) is 5.73 Å². The highest BCUT2D eigenvalue weighted by Gasteiger charge is 2.18. The molecule has 0 fully saturated rings. The maximum Gasteiger partial charge on any atom is 0.150 e. The maximum absolute atomic E-state index is 5.87. The highest BCUT2D eigenvalue weighted by atomic mass is 35.5. The molecule has 0 radical (unpaired) electrons. The molecule has 1 heterocycles. The average molecular weight is 174 g/mol. The van der Waals surface area contributed by atoms with E-state index < -0.39 is 0 Å². The summed E-state index contributed by atoms with van der Waals surface area (Å²) in [6.07, 6.45) is 1.56. The molecular formula is C7H12ClN3. The summed E-state index contributed by atoms with van der Waals surface area (Å²) in [7, 11) is 0. The second-order valence-electron chi connectivity index (χ2n) is 3.47. The molecule has 4 heteroatoms. The van der Waals surface area contributed by atoms with E-state index >= 15 is 0 Å². The van der Waals surface area contributed by atoms with E-state index in [1.165, 1.54) is 0 Å². The van der Waals surface area contributed by atoms with Gasteiger partial charge in [-0.25, -0.2) is 4.68 Å². The lowest BCUT2D eigenvalue weighted by atomic mass is 10.1. The summed E-state index contributed by atoms with van der Waals surface area (Å²) in [5.41, 5.74) is 5.95. The van der Waals surface area contributed by atoms with Gasteiger partial charge in [0, 0.05) is 0 Å². The van der Waals surface area contributed by atoms with E-state index in [2.05, 4.69) is 5.10 Å². The summed E-state index contributed by atoms with van der Waals surface area (Å²) in [5, 5.41) is 4.56. The summed E-state index contributed by atoms with van der Waals surface area (Å²) < 4.78 is 1.70. The first-order valence-corrected chi connectivity index (χ1v) is 3.80. The molecule has 1 aromatic heterocycles. The fourth-order valence-electron chi connectivity index (χ4n) is 0.814. The second kappa shape index (κ2) is 2.41. The molecule has 0 saturated carbocycles. The lowest BCUT2D eigenvalue weighted by molar-refractivity contribution is 0.356. The van der Waals surface area contributed by atoms with Gasteiger partial charge in [-0.1, -0.05) is 11.6 Å². The minimum absolute atomic E-state index is 0.102. The van der Waals surface area contributed by atoms with Crippen molar-refractivity contribution in [3.05, 3.63) is 11.3 Å². The van der Waals surface area contributed by atoms with Crippen LogP contribution in [0.15, 0.2) is 6.20 Å². The summed E-state index contributed by atoms with van der Waals surface area (Å²) >= 11 is 5.87. The average Bonchev–Trinajstić information content (AvgIpc) is 2.11. The third kappa shape index (κ3) is 1.48. The van der Waals surface area contributed by atoms with Crippen LogP contribution in [-0.2, 0) is 5.54 Å². The Labute approximate surface area is 71.1 Å². The van der Waals surface area contributed by atoms with Crippen molar-refractivity contribution >= 4 is 17.3 Å². The van der Waals surface area contributed by atoms with Crippen LogP contribution < -0.4 is 5.73 Å². The predicted octanol–water partition coefficient (Wildman–Crippen LogP) is 1.87. The predicted molar refractivity (Wildman–Crippen MR) is 46.6 cm³/mol. The fraction of sp³-hybridized carbons (Fsp3) is 0.571. The Morgan fingerprint density at radius 2 is 2.09 bits per heavy atom. The van der Waals surface area contributed by atoms with Gasteiger partial charge in [0.25, 0.3) is 0 Å². The van der Waals surface area contributed by atoms with E-state index in [-0.39, 0.29) is 5.54 Å². The van der Waals surface area contributed by atoms with Crippen molar-refractivity contribution < 1.29 is 0 Å². The number of hydrogen-bond acceptors (Lipinski definition) is 2. The monoisotopic (exact) mass is 173 g/mol. The highest BCUT2D eigenvalue weighted by molar-refractivity contribution is 6.32. The number of nitrogen functional groups attached to an aromatic ring is 1. The molecule has 0 bridgehead atoms. The van der Waals surface area contributed by atoms with Gasteiger partial charge in [0.2, 0.25) is 0 Å². The quantitative estimate of drug-likeness (QED) is 0.651. The van der Waals surface area contributed by atoms with Crippen LogP contribution in [0.2, 0.25) is 5.15 Å². The van der Waals surface area contributed by atoms with E-state index in [0.29, 0.717) is 10.8 Å². The first kappa shape index (κ1) is 8.40. The number of rotatable bonds is 0. The zero-order chi connectivity index (χ0) is 8.65. The molecule has 11 heavy (non-hydrogen) atoms. The Morgan fingerprint density at radius 1 is 1.55 bits per heavy atom. The molecule has 62 valence electrons. The number of nitrogens with zero attached hydrogens (tertiary/aromatic N) is 2. The van der Waals surface area contributed by atoms with Crippen molar-refractivity contribution in [1.29, 1.82) is 0 Å². The first-order chi connectivity index (χ1) is 4.93. The molecule has 2 N–H and O–H groups in total. The number of anilines is 1. The normalized spacial score (nSPS) is 12.0. The Morgan fingerprint density at radius 3 is 2.27 bits per heavy atom. The van der Waals surface area contributed by atoms with E-state index in [1.807, 2.05) is 20.8 Å². The van der Waals surface area contributed by atoms with Crippen LogP contribution in [0.4, 0.5) is 5.69 Å². The summed E-state index contributed by atoms with van der Waals surface area (Å²) in [6, 6.07) is 0. The number of hydrogen-bond donors (Lipinski definition) is 1. The molecule has 0 atom stereocenters. The summed E-state index contributed by atoms with van der Waals surface area (Å²) in [4.78, 5) is 0. The van der Waals surface area contributed by atoms with E-state index in [4.69, 9.17) is 17.3 Å². The van der Waals surface area contributed by atoms with Crippen LogP contribution in [0.3, 0.4) is 0 Å². The fourth-order valence-corrected chi connectivity index (χ4v) is 1.16. The number of halogens is 1. The van der Waals surface area contributed by atoms with Crippen LogP contribution >= 0.6 is 11.6 Å². The molecule has 0 aromatic carbocycles. The summed E-state index contributed by atoms with van der Waals surface area (Å²) in [5.74, 6) is 0. The van der Waals surface area contributed by atoms with Gasteiger partial charge in [0.15, 0.2) is 5.15 Å². The van der Waals surface area contributed by atoms with Gasteiger partial charge in [0.05, 0.1) is 17.4 Å². The van der Waals surface area contributed by atoms with Crippen molar-refractivity contribution in [3.8, 4) is 0 Å². The van der Waals surface area contributed by atoms with Crippen molar-refractivity contribution in [2.45, 2.75) is 26.3 Å². The zero-order valence-corrected chi connectivity index (χ0v) is 7.68. The van der Waals surface area contributed by atoms with E-state index in [1.54, 1.807) is 10.9 Å². The highest BCUT2D eigenvalue weighted by Crippen LogP contribution is 2.24. The second-order valence-corrected chi connectivity index (χ2v) is 3.83. The van der Waals surface area contributed by atoms with Gasteiger partial charge in [-0.05, 0) is 20.8 Å². The summed E-state index contributed by atoms with van der Waals surface area (Å²) in [6.45, 7) is 6.06. The maximum atomic E-state index is 5.87. The number of aromatic nitrogens is 2. The van der Waals surface area contributed by atoms with E-state index in [9.17, 15) is 0 Å². The largest absolute Gasteiger partial charge is 0.395 e. The van der Waals surface area contributed by atoms with Gasteiger partial charge in [0.1, 0.15) is 0 Å². The Kier molecular flexibility index (Phi) is 1.84. The molecule has 0 aliphatic heterocycles. The molecule has 0 spiro atoms. The molecule has 1 aromatic rings. The molecule has 0 amide bonds. The smallest absolute Gasteiger partial charge is 0.150 e. The van der Waals surface area contributed by atoms with Gasteiger partial charge < -0.3 is 5.73 Å². The van der Waals surface area contributed by atoms with Crippen LogP contribution in [0.1, 0.15) is 20.8 Å². The lowest BCUT2D eigenvalue weighted by Gasteiger charge is -2.19. The topological polar surface area (TPSA) is 43.8 Å². The zero-order valence-electron chi connectivity index (χ0n) is 6.93. The lowest BCUT2D eigenvalue weighted by Crippen LogP contribution is -2.23. The Bertz CT molecular complexity index is 259. The minimum Gasteiger partial charge on any atom is -0.395 e. The minimum atomic E-state index is -0.102. The van der Waals surface area contributed by atoms with Crippen LogP contribution in [0, 0.1) is 0 Å². The molecule has 0 saturated heterocycles. The van der Waals surface area contributed by atoms with Crippen molar-refractivity contribution in [3.63, 3.8) is 0 Å².